The lowest BCUT2D eigenvalue weighted by atomic mass is 10.0. The highest BCUT2D eigenvalue weighted by atomic mass is 31.2. The minimum Gasteiger partial charge on any atom is -0.462 e. The Morgan fingerprint density at radius 1 is 0.564 bits per heavy atom. The molecular weight excluding hydrogens is 713 g/mol. The third kappa shape index (κ3) is 41.2. The zero-order valence-corrected chi connectivity index (χ0v) is 35.8. The lowest BCUT2D eigenvalue weighted by Crippen LogP contribution is -2.29. The monoisotopic (exact) mass is 794 g/mol. The molecule has 0 heterocycles. The van der Waals surface area contributed by atoms with Gasteiger partial charge in [0.05, 0.1) is 13.2 Å². The minimum atomic E-state index is -4.39. The van der Waals surface area contributed by atoms with Gasteiger partial charge in [0.25, 0.3) is 0 Å². The Bertz CT molecular complexity index is 1090. The van der Waals surface area contributed by atoms with Crippen LogP contribution in [-0.2, 0) is 32.7 Å². The van der Waals surface area contributed by atoms with Crippen molar-refractivity contribution >= 4 is 19.8 Å². The van der Waals surface area contributed by atoms with E-state index in [1.807, 2.05) is 6.08 Å². The van der Waals surface area contributed by atoms with Crippen LogP contribution in [0.3, 0.4) is 0 Å². The second-order valence-electron chi connectivity index (χ2n) is 14.2. The Labute approximate surface area is 336 Å². The summed E-state index contributed by atoms with van der Waals surface area (Å²) < 4.78 is 32.7. The van der Waals surface area contributed by atoms with Gasteiger partial charge in [-0.05, 0) is 51.4 Å². The number of rotatable bonds is 40. The number of hydrogen-bond acceptors (Lipinski definition) is 8. The largest absolute Gasteiger partial charge is 0.472 e. The van der Waals surface area contributed by atoms with Gasteiger partial charge >= 0.3 is 19.8 Å². The van der Waals surface area contributed by atoms with Crippen molar-refractivity contribution in [3.05, 3.63) is 60.8 Å². The van der Waals surface area contributed by atoms with Gasteiger partial charge in [0.2, 0.25) is 0 Å². The first-order chi connectivity index (χ1) is 26.8. The smallest absolute Gasteiger partial charge is 0.462 e. The molecule has 0 aromatic carbocycles. The highest BCUT2D eigenvalue weighted by molar-refractivity contribution is 7.47. The maximum Gasteiger partial charge on any atom is 0.472 e. The van der Waals surface area contributed by atoms with Crippen LogP contribution in [-0.4, -0.2) is 49.3 Å². The van der Waals surface area contributed by atoms with Crippen molar-refractivity contribution < 1.29 is 37.6 Å². The molecule has 318 valence electrons. The SMILES string of the molecule is CC/C=C\C/C=C\C/C=C\C/C=C\C/C=C\CCCC(=O)OC(COC(=O)CCCCCCCCCCCCCCCCCCC)COP(=O)(O)OCCN. The van der Waals surface area contributed by atoms with Crippen LogP contribution in [0.25, 0.3) is 0 Å². The molecule has 0 bridgehead atoms. The summed E-state index contributed by atoms with van der Waals surface area (Å²) in [6.45, 7) is 3.56. The molecule has 0 aromatic heterocycles. The van der Waals surface area contributed by atoms with Crippen LogP contribution < -0.4 is 5.73 Å². The molecule has 2 atom stereocenters. The first-order valence-electron chi connectivity index (χ1n) is 21.8. The fourth-order valence-corrected chi connectivity index (χ4v) is 6.49. The number of nitrogens with two attached hydrogens (primary N) is 1. The molecule has 0 aliphatic heterocycles. The molecule has 2 unspecified atom stereocenters. The third-order valence-corrected chi connectivity index (χ3v) is 9.90. The van der Waals surface area contributed by atoms with Gasteiger partial charge in [0, 0.05) is 19.4 Å². The number of carbonyl (C=O) groups excluding carboxylic acids is 2. The van der Waals surface area contributed by atoms with E-state index in [1.54, 1.807) is 0 Å². The lowest BCUT2D eigenvalue weighted by molar-refractivity contribution is -0.161. The van der Waals surface area contributed by atoms with Gasteiger partial charge in [-0.2, -0.15) is 0 Å². The highest BCUT2D eigenvalue weighted by Crippen LogP contribution is 2.43. The molecule has 55 heavy (non-hydrogen) atoms. The second-order valence-corrected chi connectivity index (χ2v) is 15.6. The topological polar surface area (TPSA) is 134 Å². The molecule has 0 aliphatic rings. The Hall–Kier alpha value is -2.29. The van der Waals surface area contributed by atoms with E-state index in [-0.39, 0.29) is 32.6 Å². The molecule has 3 N–H and O–H groups in total. The first kappa shape index (κ1) is 52.7. The van der Waals surface area contributed by atoms with E-state index in [2.05, 4.69) is 68.5 Å². The summed E-state index contributed by atoms with van der Waals surface area (Å²) in [5, 5.41) is 0. The van der Waals surface area contributed by atoms with Crippen LogP contribution in [0.2, 0.25) is 0 Å². The first-order valence-corrected chi connectivity index (χ1v) is 23.3. The van der Waals surface area contributed by atoms with Gasteiger partial charge in [-0.15, -0.1) is 0 Å². The number of allylic oxidation sites excluding steroid dienone is 10. The van der Waals surface area contributed by atoms with Gasteiger partial charge in [-0.3, -0.25) is 18.6 Å². The molecule has 0 aliphatic carbocycles. The Morgan fingerprint density at radius 2 is 1.00 bits per heavy atom. The van der Waals surface area contributed by atoms with Crippen LogP contribution >= 0.6 is 7.82 Å². The normalized spacial score (nSPS) is 13.9. The summed E-state index contributed by atoms with van der Waals surface area (Å²) in [6, 6.07) is 0. The maximum atomic E-state index is 12.6. The molecule has 0 spiro atoms. The van der Waals surface area contributed by atoms with Gasteiger partial charge in [0.1, 0.15) is 6.61 Å². The molecule has 0 saturated carbocycles. The van der Waals surface area contributed by atoms with Crippen LogP contribution in [0.1, 0.15) is 181 Å². The van der Waals surface area contributed by atoms with Crippen molar-refractivity contribution in [1.29, 1.82) is 0 Å². The van der Waals surface area contributed by atoms with Crippen LogP contribution in [0, 0.1) is 0 Å². The van der Waals surface area contributed by atoms with E-state index < -0.39 is 32.5 Å². The van der Waals surface area contributed by atoms with E-state index >= 15 is 0 Å². The quantitative estimate of drug-likeness (QED) is 0.0269. The van der Waals surface area contributed by atoms with Crippen LogP contribution in [0.4, 0.5) is 0 Å². The van der Waals surface area contributed by atoms with Gasteiger partial charge in [-0.1, -0.05) is 177 Å². The predicted molar refractivity (Wildman–Crippen MR) is 229 cm³/mol. The van der Waals surface area contributed by atoms with E-state index in [0.717, 1.165) is 51.4 Å². The summed E-state index contributed by atoms with van der Waals surface area (Å²) in [5.74, 6) is -0.896. The van der Waals surface area contributed by atoms with Crippen LogP contribution in [0.5, 0.6) is 0 Å². The number of esters is 2. The number of hydrogen-bond donors (Lipinski definition) is 2. The standard InChI is InChI=1S/C45H80NO8P/c1-3-5-7-9-11-13-15-17-19-21-23-25-27-29-31-33-35-37-44(47)51-41-43(42-53-55(49,50)52-40-39-46)54-45(48)38-36-34-32-30-28-26-24-22-20-18-16-14-12-10-8-6-4-2/h6,8,12,14,18,20,24,26,30,32,43H,3-5,7,9-11,13,15-17,19,21-23,25,27-29,31,33-42,46H2,1-2H3,(H,49,50)/b8-6-,14-12-,20-18-,26-24-,32-30-. The Kier molecular flexibility index (Phi) is 39.6. The molecule has 10 heteroatoms. The minimum absolute atomic E-state index is 0.0429. The molecular formula is C45H80NO8P. The summed E-state index contributed by atoms with van der Waals surface area (Å²) in [5.41, 5.74) is 5.34. The van der Waals surface area contributed by atoms with Crippen LogP contribution in [0.15, 0.2) is 60.8 Å². The molecule has 0 amide bonds. The van der Waals surface area contributed by atoms with Crippen molar-refractivity contribution in [3.63, 3.8) is 0 Å². The number of unbranched alkanes of at least 4 members (excludes halogenated alkanes) is 17. The summed E-state index contributed by atoms with van der Waals surface area (Å²) >= 11 is 0. The van der Waals surface area contributed by atoms with Crippen molar-refractivity contribution in [3.8, 4) is 0 Å². The fraction of sp³-hybridized carbons (Fsp3) is 0.733. The fourth-order valence-electron chi connectivity index (χ4n) is 5.73. The van der Waals surface area contributed by atoms with Crippen molar-refractivity contribution in [2.45, 2.75) is 187 Å². The molecule has 0 rings (SSSR count). The van der Waals surface area contributed by atoms with Gasteiger partial charge < -0.3 is 20.1 Å². The summed E-state index contributed by atoms with van der Waals surface area (Å²) in [4.78, 5) is 34.8. The van der Waals surface area contributed by atoms with Crippen molar-refractivity contribution in [2.75, 3.05) is 26.4 Å². The van der Waals surface area contributed by atoms with Crippen molar-refractivity contribution in [2.24, 2.45) is 5.73 Å². The van der Waals surface area contributed by atoms with Gasteiger partial charge in [0.15, 0.2) is 6.10 Å². The molecule has 9 nitrogen and oxygen atoms in total. The number of carbonyl (C=O) groups is 2. The average molecular weight is 794 g/mol. The predicted octanol–water partition coefficient (Wildman–Crippen LogP) is 12.5. The van der Waals surface area contributed by atoms with Crippen molar-refractivity contribution in [1.82, 2.24) is 0 Å². The highest BCUT2D eigenvalue weighted by Gasteiger charge is 2.25. The van der Waals surface area contributed by atoms with E-state index in [4.69, 9.17) is 24.3 Å². The lowest BCUT2D eigenvalue weighted by Gasteiger charge is -2.19. The summed E-state index contributed by atoms with van der Waals surface area (Å²) in [6.07, 6.45) is 48.3. The zero-order valence-electron chi connectivity index (χ0n) is 34.9. The zero-order chi connectivity index (χ0) is 40.3. The second kappa shape index (κ2) is 41.3. The number of ether oxygens (including phenoxy) is 2. The average Bonchev–Trinajstić information content (AvgIpc) is 3.17. The number of phosphoric acid groups is 1. The maximum absolute atomic E-state index is 12.6. The molecule has 0 fully saturated rings. The molecule has 0 radical (unpaired) electrons. The number of phosphoric ester groups is 1. The van der Waals surface area contributed by atoms with E-state index in [0.29, 0.717) is 12.8 Å². The Morgan fingerprint density at radius 3 is 1.47 bits per heavy atom. The molecule has 0 aromatic rings. The molecule has 0 saturated heterocycles. The third-order valence-electron chi connectivity index (χ3n) is 8.92. The van der Waals surface area contributed by atoms with E-state index in [1.165, 1.54) is 89.9 Å². The van der Waals surface area contributed by atoms with Gasteiger partial charge in [-0.25, -0.2) is 4.57 Å². The van der Waals surface area contributed by atoms with E-state index in [9.17, 15) is 19.0 Å². The summed E-state index contributed by atoms with van der Waals surface area (Å²) in [7, 11) is -4.39. The Balaban J connectivity index is 4.23.